The van der Waals surface area contributed by atoms with Crippen molar-refractivity contribution in [1.29, 1.82) is 0 Å². The van der Waals surface area contributed by atoms with Crippen LogP contribution in [0.2, 0.25) is 0 Å². The number of anilines is 2. The smallest absolute Gasteiger partial charge is 0.262 e. The molecule has 0 spiro atoms. The Labute approximate surface area is 163 Å². The molecule has 146 valence electrons. The van der Waals surface area contributed by atoms with E-state index in [4.69, 9.17) is 4.74 Å². The van der Waals surface area contributed by atoms with Crippen LogP contribution in [-0.4, -0.2) is 30.4 Å². The molecule has 1 aliphatic rings. The minimum Gasteiger partial charge on any atom is -0.484 e. The third-order valence-electron chi connectivity index (χ3n) is 4.21. The fourth-order valence-electron chi connectivity index (χ4n) is 2.91. The molecule has 2 aromatic carbocycles. The summed E-state index contributed by atoms with van der Waals surface area (Å²) in [4.78, 5) is 36.0. The Morgan fingerprint density at radius 2 is 1.93 bits per heavy atom. The first kappa shape index (κ1) is 19.4. The number of rotatable bonds is 6. The highest BCUT2D eigenvalue weighted by Gasteiger charge is 2.16. The molecule has 0 fully saturated rings. The largest absolute Gasteiger partial charge is 0.484 e. The van der Waals surface area contributed by atoms with E-state index in [2.05, 4.69) is 16.0 Å². The van der Waals surface area contributed by atoms with E-state index in [-0.39, 0.29) is 30.4 Å². The highest BCUT2D eigenvalue weighted by atomic mass is 16.5. The molecule has 0 saturated carbocycles. The number of carbonyl (C=O) groups excluding carboxylic acids is 3. The van der Waals surface area contributed by atoms with Gasteiger partial charge in [0.15, 0.2) is 6.61 Å². The molecule has 1 aliphatic heterocycles. The standard InChI is InChI=1S/C21H23N3O4/c1-13(2)22-21(27)16-5-3-4-6-18(16)24-20(26)12-28-15-8-9-17-14(11-15)7-10-19(25)23-17/h3-6,8-9,11,13H,7,10,12H2,1-2H3,(H,22,27)(H,23,25)(H,24,26). The van der Waals surface area contributed by atoms with E-state index in [1.807, 2.05) is 19.9 Å². The number of hydrogen-bond donors (Lipinski definition) is 3. The molecular weight excluding hydrogens is 358 g/mol. The first-order valence-corrected chi connectivity index (χ1v) is 9.17. The minimum atomic E-state index is -0.365. The van der Waals surface area contributed by atoms with Gasteiger partial charge < -0.3 is 20.7 Å². The summed E-state index contributed by atoms with van der Waals surface area (Å²) < 4.78 is 5.57. The van der Waals surface area contributed by atoms with Crippen molar-refractivity contribution in [2.45, 2.75) is 32.7 Å². The molecule has 3 N–H and O–H groups in total. The lowest BCUT2D eigenvalue weighted by Crippen LogP contribution is -2.31. The molecule has 3 amide bonds. The Morgan fingerprint density at radius 1 is 1.14 bits per heavy atom. The van der Waals surface area contributed by atoms with Gasteiger partial charge in [-0.05, 0) is 56.2 Å². The van der Waals surface area contributed by atoms with Crippen molar-refractivity contribution >= 4 is 29.1 Å². The molecule has 3 rings (SSSR count). The molecule has 0 unspecified atom stereocenters. The summed E-state index contributed by atoms with van der Waals surface area (Å²) in [7, 11) is 0. The molecule has 0 bridgehead atoms. The van der Waals surface area contributed by atoms with E-state index in [1.54, 1.807) is 36.4 Å². The zero-order valence-corrected chi connectivity index (χ0v) is 15.9. The topological polar surface area (TPSA) is 96.5 Å². The zero-order valence-electron chi connectivity index (χ0n) is 15.9. The SMILES string of the molecule is CC(C)NC(=O)c1ccccc1NC(=O)COc1ccc2c(c1)CCC(=O)N2. The van der Waals surface area contributed by atoms with Gasteiger partial charge in [-0.1, -0.05) is 12.1 Å². The lowest BCUT2D eigenvalue weighted by Gasteiger charge is -2.17. The first-order valence-electron chi connectivity index (χ1n) is 9.17. The van der Waals surface area contributed by atoms with Crippen molar-refractivity contribution in [3.8, 4) is 5.75 Å². The predicted molar refractivity (Wildman–Crippen MR) is 107 cm³/mol. The summed E-state index contributed by atoms with van der Waals surface area (Å²) in [5, 5.41) is 8.34. The predicted octanol–water partition coefficient (Wildman–Crippen LogP) is 2.73. The molecular formula is C21H23N3O4. The molecule has 0 atom stereocenters. The highest BCUT2D eigenvalue weighted by molar-refractivity contribution is 6.04. The van der Waals surface area contributed by atoms with Gasteiger partial charge in [0, 0.05) is 18.2 Å². The van der Waals surface area contributed by atoms with Gasteiger partial charge in [0.1, 0.15) is 5.75 Å². The Bertz CT molecular complexity index is 908. The number of carbonyl (C=O) groups is 3. The number of benzene rings is 2. The average Bonchev–Trinajstić information content (AvgIpc) is 2.66. The van der Waals surface area contributed by atoms with E-state index in [0.717, 1.165) is 11.3 Å². The molecule has 2 aromatic rings. The number of ether oxygens (including phenoxy) is 1. The number of hydrogen-bond acceptors (Lipinski definition) is 4. The van der Waals surface area contributed by atoms with Crippen LogP contribution in [0.4, 0.5) is 11.4 Å². The summed E-state index contributed by atoms with van der Waals surface area (Å²) in [5.74, 6) is -0.0593. The minimum absolute atomic E-state index is 0.000662. The molecule has 28 heavy (non-hydrogen) atoms. The lowest BCUT2D eigenvalue weighted by molar-refractivity contribution is -0.118. The van der Waals surface area contributed by atoms with Gasteiger partial charge in [-0.2, -0.15) is 0 Å². The van der Waals surface area contributed by atoms with Crippen molar-refractivity contribution in [3.05, 3.63) is 53.6 Å². The van der Waals surface area contributed by atoms with Gasteiger partial charge in [0.05, 0.1) is 11.3 Å². The van der Waals surface area contributed by atoms with Crippen LogP contribution in [0, 0.1) is 0 Å². The monoisotopic (exact) mass is 381 g/mol. The molecule has 0 saturated heterocycles. The molecule has 7 heteroatoms. The van der Waals surface area contributed by atoms with Gasteiger partial charge in [-0.3, -0.25) is 14.4 Å². The van der Waals surface area contributed by atoms with Gasteiger partial charge in [-0.25, -0.2) is 0 Å². The summed E-state index contributed by atoms with van der Waals surface area (Å²) >= 11 is 0. The third kappa shape index (κ3) is 4.88. The maximum atomic E-state index is 12.3. The number of fused-ring (bicyclic) bond motifs is 1. The number of nitrogens with one attached hydrogen (secondary N) is 3. The van der Waals surface area contributed by atoms with Crippen molar-refractivity contribution in [3.63, 3.8) is 0 Å². The van der Waals surface area contributed by atoms with Crippen molar-refractivity contribution in [1.82, 2.24) is 5.32 Å². The number of para-hydroxylation sites is 1. The van der Waals surface area contributed by atoms with Gasteiger partial charge in [-0.15, -0.1) is 0 Å². The highest BCUT2D eigenvalue weighted by Crippen LogP contribution is 2.26. The summed E-state index contributed by atoms with van der Waals surface area (Å²) in [6, 6.07) is 12.1. The summed E-state index contributed by atoms with van der Waals surface area (Å²) in [6.45, 7) is 3.55. The van der Waals surface area contributed by atoms with Crippen LogP contribution in [0.25, 0.3) is 0 Å². The Balaban J connectivity index is 1.61. The molecule has 7 nitrogen and oxygen atoms in total. The second-order valence-corrected chi connectivity index (χ2v) is 6.88. The van der Waals surface area contributed by atoms with Gasteiger partial charge in [0.25, 0.3) is 11.8 Å². The Hall–Kier alpha value is -3.35. The van der Waals surface area contributed by atoms with Gasteiger partial charge >= 0.3 is 0 Å². The van der Waals surface area contributed by atoms with E-state index >= 15 is 0 Å². The van der Waals surface area contributed by atoms with E-state index in [9.17, 15) is 14.4 Å². The summed E-state index contributed by atoms with van der Waals surface area (Å²) in [6.07, 6.45) is 1.08. The van der Waals surface area contributed by atoms with E-state index < -0.39 is 0 Å². The molecule has 0 aromatic heterocycles. The van der Waals surface area contributed by atoms with Crippen LogP contribution in [0.3, 0.4) is 0 Å². The molecule has 0 radical (unpaired) electrons. The maximum absolute atomic E-state index is 12.3. The molecule has 0 aliphatic carbocycles. The van der Waals surface area contributed by atoms with Crippen LogP contribution in [0.15, 0.2) is 42.5 Å². The van der Waals surface area contributed by atoms with Crippen LogP contribution < -0.4 is 20.7 Å². The van der Waals surface area contributed by atoms with E-state index in [1.165, 1.54) is 0 Å². The maximum Gasteiger partial charge on any atom is 0.262 e. The van der Waals surface area contributed by atoms with Crippen molar-refractivity contribution in [2.24, 2.45) is 0 Å². The van der Waals surface area contributed by atoms with Crippen molar-refractivity contribution in [2.75, 3.05) is 17.2 Å². The fourth-order valence-corrected chi connectivity index (χ4v) is 2.91. The number of aryl methyl sites for hydroxylation is 1. The third-order valence-corrected chi connectivity index (χ3v) is 4.21. The second-order valence-electron chi connectivity index (χ2n) is 6.88. The quantitative estimate of drug-likeness (QED) is 0.717. The fraction of sp³-hybridized carbons (Fsp3) is 0.286. The van der Waals surface area contributed by atoms with Crippen LogP contribution >= 0.6 is 0 Å². The van der Waals surface area contributed by atoms with Crippen LogP contribution in [-0.2, 0) is 16.0 Å². The zero-order chi connectivity index (χ0) is 20.1. The average molecular weight is 381 g/mol. The van der Waals surface area contributed by atoms with Crippen LogP contribution in [0.1, 0.15) is 36.2 Å². The first-order chi connectivity index (χ1) is 13.4. The molecule has 1 heterocycles. The van der Waals surface area contributed by atoms with Crippen molar-refractivity contribution < 1.29 is 19.1 Å². The Kier molecular flexibility index (Phi) is 5.93. The van der Waals surface area contributed by atoms with Gasteiger partial charge in [0.2, 0.25) is 5.91 Å². The van der Waals surface area contributed by atoms with E-state index in [0.29, 0.717) is 29.8 Å². The normalized spacial score (nSPS) is 12.8. The van der Waals surface area contributed by atoms with Crippen LogP contribution in [0.5, 0.6) is 5.75 Å². The summed E-state index contributed by atoms with van der Waals surface area (Å²) in [5.41, 5.74) is 2.59. The lowest BCUT2D eigenvalue weighted by atomic mass is 10.0. The number of amides is 3. The Morgan fingerprint density at radius 3 is 2.71 bits per heavy atom. The second kappa shape index (κ2) is 8.56.